The van der Waals surface area contributed by atoms with Crippen LogP contribution in [-0.2, 0) is 16.1 Å². The number of aromatic nitrogens is 3. The van der Waals surface area contributed by atoms with Crippen LogP contribution in [0.4, 0.5) is 11.4 Å². The first-order chi connectivity index (χ1) is 20.5. The average molecular weight is 572 g/mol. The minimum Gasteiger partial charge on any atom is -0.374 e. The largest absolute Gasteiger partial charge is 0.374 e. The molecule has 0 N–H and O–H groups in total. The van der Waals surface area contributed by atoms with Gasteiger partial charge in [-0.2, -0.15) is 0 Å². The van der Waals surface area contributed by atoms with Crippen LogP contribution in [-0.4, -0.2) is 95.3 Å². The number of hydrogen-bond acceptors (Lipinski definition) is 7. The zero-order chi connectivity index (χ0) is 28.9. The van der Waals surface area contributed by atoms with Gasteiger partial charge in [0.2, 0.25) is 5.91 Å². The van der Waals surface area contributed by atoms with Gasteiger partial charge in [0.25, 0.3) is 0 Å². The van der Waals surface area contributed by atoms with Crippen LogP contribution < -0.4 is 9.80 Å². The quantitative estimate of drug-likeness (QED) is 0.383. The van der Waals surface area contributed by atoms with Gasteiger partial charge < -0.3 is 19.4 Å². The number of hydrogen-bond donors (Lipinski definition) is 0. The Bertz CT molecular complexity index is 1270. The molecule has 0 aliphatic carbocycles. The van der Waals surface area contributed by atoms with E-state index in [1.807, 2.05) is 22.6 Å². The summed E-state index contributed by atoms with van der Waals surface area (Å²) >= 11 is 0. The number of para-hydroxylation sites is 2. The fourth-order valence-electron chi connectivity index (χ4n) is 6.67. The standard InChI is InChI=1S/C33H45N7O2/c1-26(40-25-28(34-35-40)24-36-15-17-37(18-16-36)29-9-5-3-6-10-29)23-31-13-14-32(42-31)27(2)33(41)39-21-19-38(20-22-39)30-11-7-4-8-12-30/h3-12,25-27,31-32H,13-24H2,1-2H3/t26?,27-,31?,32?/m0/s1. The number of nitrogens with zero attached hydrogens (tertiary/aromatic N) is 7. The Kier molecular flexibility index (Phi) is 9.05. The van der Waals surface area contributed by atoms with Gasteiger partial charge in [-0.15, -0.1) is 5.10 Å². The van der Waals surface area contributed by atoms with Gasteiger partial charge >= 0.3 is 0 Å². The molecular weight excluding hydrogens is 526 g/mol. The summed E-state index contributed by atoms with van der Waals surface area (Å²) in [5, 5.41) is 8.96. The third-order valence-electron chi connectivity index (χ3n) is 9.29. The Labute approximate surface area is 250 Å². The zero-order valence-electron chi connectivity index (χ0n) is 25.1. The fraction of sp³-hybridized carbons (Fsp3) is 0.545. The highest BCUT2D eigenvalue weighted by Gasteiger charge is 2.36. The molecule has 3 aliphatic rings. The van der Waals surface area contributed by atoms with Crippen LogP contribution in [0.5, 0.6) is 0 Å². The van der Waals surface area contributed by atoms with Crippen LogP contribution in [0.15, 0.2) is 66.9 Å². The van der Waals surface area contributed by atoms with Crippen LogP contribution in [0.1, 0.15) is 44.8 Å². The van der Waals surface area contributed by atoms with Crippen molar-refractivity contribution >= 4 is 17.3 Å². The molecule has 1 amide bonds. The lowest BCUT2D eigenvalue weighted by molar-refractivity contribution is -0.140. The highest BCUT2D eigenvalue weighted by Crippen LogP contribution is 2.31. The second kappa shape index (κ2) is 13.3. The third kappa shape index (κ3) is 6.79. The first kappa shape index (κ1) is 28.7. The Morgan fingerprint density at radius 2 is 1.43 bits per heavy atom. The van der Waals surface area contributed by atoms with E-state index in [2.05, 4.69) is 92.7 Å². The number of carbonyl (C=O) groups excluding carboxylic acids is 1. The zero-order valence-corrected chi connectivity index (χ0v) is 25.1. The maximum atomic E-state index is 13.3. The minimum absolute atomic E-state index is 0.0114. The van der Waals surface area contributed by atoms with Gasteiger partial charge in [0.15, 0.2) is 0 Å². The molecule has 9 heteroatoms. The van der Waals surface area contributed by atoms with Crippen LogP contribution in [0, 0.1) is 5.92 Å². The molecule has 224 valence electrons. The molecule has 0 saturated carbocycles. The number of amides is 1. The van der Waals surface area contributed by atoms with Crippen LogP contribution in [0.2, 0.25) is 0 Å². The Hall–Kier alpha value is -3.43. The molecule has 0 radical (unpaired) electrons. The van der Waals surface area contributed by atoms with Crippen LogP contribution in [0.3, 0.4) is 0 Å². The van der Waals surface area contributed by atoms with Crippen LogP contribution >= 0.6 is 0 Å². The molecule has 0 bridgehead atoms. The van der Waals surface area contributed by atoms with Crippen molar-refractivity contribution in [2.75, 3.05) is 62.2 Å². The number of anilines is 2. The van der Waals surface area contributed by atoms with Gasteiger partial charge in [-0.25, -0.2) is 4.68 Å². The van der Waals surface area contributed by atoms with Crippen molar-refractivity contribution in [2.45, 2.75) is 57.9 Å². The van der Waals surface area contributed by atoms with E-state index >= 15 is 0 Å². The van der Waals surface area contributed by atoms with Crippen molar-refractivity contribution in [3.05, 3.63) is 72.6 Å². The van der Waals surface area contributed by atoms with Crippen molar-refractivity contribution in [3.63, 3.8) is 0 Å². The summed E-state index contributed by atoms with van der Waals surface area (Å²) < 4.78 is 8.45. The topological polar surface area (TPSA) is 70.0 Å². The van der Waals surface area contributed by atoms with E-state index in [4.69, 9.17) is 4.74 Å². The number of carbonyl (C=O) groups is 1. The van der Waals surface area contributed by atoms with Gasteiger partial charge in [0.1, 0.15) is 0 Å². The van der Waals surface area contributed by atoms with E-state index in [1.54, 1.807) is 0 Å². The lowest BCUT2D eigenvalue weighted by atomic mass is 9.99. The normalized spacial score (nSPS) is 23.2. The average Bonchev–Trinajstić information content (AvgIpc) is 3.72. The summed E-state index contributed by atoms with van der Waals surface area (Å²) in [5.74, 6) is 0.112. The summed E-state index contributed by atoms with van der Waals surface area (Å²) in [5.41, 5.74) is 3.55. The molecule has 3 saturated heterocycles. The lowest BCUT2D eigenvalue weighted by Gasteiger charge is -2.37. The van der Waals surface area contributed by atoms with Gasteiger partial charge in [0, 0.05) is 70.3 Å². The van der Waals surface area contributed by atoms with E-state index in [-0.39, 0.29) is 30.1 Å². The molecule has 3 aliphatic heterocycles. The van der Waals surface area contributed by atoms with Crippen molar-refractivity contribution < 1.29 is 9.53 Å². The number of piperazine rings is 2. The molecule has 0 spiro atoms. The minimum atomic E-state index is -0.117. The Morgan fingerprint density at radius 1 is 0.833 bits per heavy atom. The van der Waals surface area contributed by atoms with E-state index in [9.17, 15) is 4.79 Å². The highest BCUT2D eigenvalue weighted by molar-refractivity contribution is 5.79. The van der Waals surface area contributed by atoms with E-state index < -0.39 is 0 Å². The lowest BCUT2D eigenvalue weighted by Crippen LogP contribution is -2.51. The van der Waals surface area contributed by atoms with E-state index in [0.29, 0.717) is 0 Å². The maximum Gasteiger partial charge on any atom is 0.228 e. The molecule has 6 rings (SSSR count). The highest BCUT2D eigenvalue weighted by atomic mass is 16.5. The third-order valence-corrected chi connectivity index (χ3v) is 9.29. The van der Waals surface area contributed by atoms with Gasteiger partial charge in [-0.05, 0) is 50.5 Å². The molecule has 3 unspecified atom stereocenters. The molecule has 4 atom stereocenters. The molecule has 3 fully saturated rings. The summed E-state index contributed by atoms with van der Waals surface area (Å²) in [7, 11) is 0. The smallest absolute Gasteiger partial charge is 0.228 e. The van der Waals surface area contributed by atoms with Crippen molar-refractivity contribution in [1.29, 1.82) is 0 Å². The summed E-state index contributed by atoms with van der Waals surface area (Å²) in [4.78, 5) is 22.6. The number of ether oxygens (including phenoxy) is 1. The second-order valence-corrected chi connectivity index (χ2v) is 12.2. The van der Waals surface area contributed by atoms with Crippen molar-refractivity contribution in [2.24, 2.45) is 5.92 Å². The fourth-order valence-corrected chi connectivity index (χ4v) is 6.67. The molecule has 4 heterocycles. The molecule has 9 nitrogen and oxygen atoms in total. The molecule has 2 aromatic carbocycles. The number of benzene rings is 2. The SMILES string of the molecule is CC(CC1CCC([C@H](C)C(=O)N2CCN(c3ccccc3)CC2)O1)n1cc(CN2CCN(c3ccccc3)CC2)nn1. The van der Waals surface area contributed by atoms with Gasteiger partial charge in [-0.1, -0.05) is 48.5 Å². The first-order valence-electron chi connectivity index (χ1n) is 15.7. The molecular formula is C33H45N7O2. The van der Waals surface area contributed by atoms with Gasteiger partial charge in [-0.3, -0.25) is 9.69 Å². The molecule has 1 aromatic heterocycles. The summed E-state index contributed by atoms with van der Waals surface area (Å²) in [6.07, 6.45) is 5.04. The second-order valence-electron chi connectivity index (χ2n) is 12.2. The molecule has 3 aromatic rings. The predicted octanol–water partition coefficient (Wildman–Crippen LogP) is 4.08. The van der Waals surface area contributed by atoms with Crippen molar-refractivity contribution in [3.8, 4) is 0 Å². The van der Waals surface area contributed by atoms with Crippen molar-refractivity contribution in [1.82, 2.24) is 24.8 Å². The Balaban J connectivity index is 0.929. The number of rotatable bonds is 9. The van der Waals surface area contributed by atoms with E-state index in [0.717, 1.165) is 83.9 Å². The Morgan fingerprint density at radius 3 is 2.05 bits per heavy atom. The summed E-state index contributed by atoms with van der Waals surface area (Å²) in [6, 6.07) is 21.3. The predicted molar refractivity (Wildman–Crippen MR) is 166 cm³/mol. The van der Waals surface area contributed by atoms with Crippen LogP contribution in [0.25, 0.3) is 0 Å². The summed E-state index contributed by atoms with van der Waals surface area (Å²) in [6.45, 7) is 12.4. The maximum absolute atomic E-state index is 13.3. The van der Waals surface area contributed by atoms with Gasteiger partial charge in [0.05, 0.1) is 36.1 Å². The first-order valence-corrected chi connectivity index (χ1v) is 15.7. The molecule has 42 heavy (non-hydrogen) atoms. The monoisotopic (exact) mass is 571 g/mol. The van der Waals surface area contributed by atoms with E-state index in [1.165, 1.54) is 11.4 Å².